The molecular formula is C14H18FNO2. The lowest BCUT2D eigenvalue weighted by Gasteiger charge is -2.19. The number of methoxy groups -OCH3 is 1. The van der Waals surface area contributed by atoms with Crippen molar-refractivity contribution in [3.63, 3.8) is 0 Å². The number of esters is 1. The number of hydrogen-bond donors (Lipinski definition) is 1. The molecule has 3 nitrogen and oxygen atoms in total. The second kappa shape index (κ2) is 5.38. The second-order valence-corrected chi connectivity index (χ2v) is 4.68. The first-order valence-electron chi connectivity index (χ1n) is 6.30. The number of carbonyl (C=O) groups excluding carboxylic acids is 1. The van der Waals surface area contributed by atoms with Crippen molar-refractivity contribution in [2.75, 3.05) is 12.4 Å². The van der Waals surface area contributed by atoms with Crippen LogP contribution in [0.25, 0.3) is 0 Å². The van der Waals surface area contributed by atoms with Crippen molar-refractivity contribution >= 4 is 11.7 Å². The summed E-state index contributed by atoms with van der Waals surface area (Å²) < 4.78 is 18.0. The maximum atomic E-state index is 13.3. The Morgan fingerprint density at radius 3 is 2.83 bits per heavy atom. The maximum Gasteiger partial charge on any atom is 0.339 e. The van der Waals surface area contributed by atoms with Crippen molar-refractivity contribution in [3.8, 4) is 0 Å². The van der Waals surface area contributed by atoms with Gasteiger partial charge in [-0.1, -0.05) is 6.92 Å². The minimum absolute atomic E-state index is 0.301. The molecule has 1 saturated carbocycles. The predicted molar refractivity (Wildman–Crippen MR) is 68.2 cm³/mol. The molecule has 2 rings (SSSR count). The molecule has 0 radical (unpaired) electrons. The molecule has 1 aromatic carbocycles. The average Bonchev–Trinajstić information content (AvgIpc) is 3.19. The van der Waals surface area contributed by atoms with Crippen LogP contribution >= 0.6 is 0 Å². The summed E-state index contributed by atoms with van der Waals surface area (Å²) >= 11 is 0. The summed E-state index contributed by atoms with van der Waals surface area (Å²) in [6, 6.07) is 4.39. The van der Waals surface area contributed by atoms with Crippen LogP contribution in [0.3, 0.4) is 0 Å². The number of rotatable bonds is 5. The summed E-state index contributed by atoms with van der Waals surface area (Å²) in [6.45, 7) is 2.09. The van der Waals surface area contributed by atoms with Gasteiger partial charge in [-0.15, -0.1) is 0 Å². The van der Waals surface area contributed by atoms with E-state index in [2.05, 4.69) is 12.2 Å². The fourth-order valence-corrected chi connectivity index (χ4v) is 2.18. The van der Waals surface area contributed by atoms with E-state index in [0.29, 0.717) is 23.2 Å². The molecule has 98 valence electrons. The molecule has 1 aliphatic carbocycles. The van der Waals surface area contributed by atoms with Crippen LogP contribution in [0.5, 0.6) is 0 Å². The standard InChI is InChI=1S/C14H18FNO2/c1-3-12(9-4-5-9)16-13-8-10(15)6-7-11(13)14(17)18-2/h6-9,12,16H,3-5H2,1-2H3. The Balaban J connectivity index is 2.23. The predicted octanol–water partition coefficient (Wildman–Crippen LogP) is 3.21. The minimum Gasteiger partial charge on any atom is -0.465 e. The number of carbonyl (C=O) groups is 1. The quantitative estimate of drug-likeness (QED) is 0.817. The first-order valence-corrected chi connectivity index (χ1v) is 6.30. The van der Waals surface area contributed by atoms with Gasteiger partial charge in [0.15, 0.2) is 0 Å². The van der Waals surface area contributed by atoms with E-state index in [-0.39, 0.29) is 5.82 Å². The molecule has 1 aromatic rings. The van der Waals surface area contributed by atoms with Crippen molar-refractivity contribution in [1.82, 2.24) is 0 Å². The van der Waals surface area contributed by atoms with Gasteiger partial charge in [0.2, 0.25) is 0 Å². The molecule has 0 bridgehead atoms. The molecule has 1 N–H and O–H groups in total. The SMILES string of the molecule is CCC(Nc1cc(F)ccc1C(=O)OC)C1CC1. The fourth-order valence-electron chi connectivity index (χ4n) is 2.18. The van der Waals surface area contributed by atoms with Crippen molar-refractivity contribution in [1.29, 1.82) is 0 Å². The summed E-state index contributed by atoms with van der Waals surface area (Å²) in [6.07, 6.45) is 3.37. The van der Waals surface area contributed by atoms with E-state index < -0.39 is 5.97 Å². The van der Waals surface area contributed by atoms with Crippen LogP contribution in [0.15, 0.2) is 18.2 Å². The molecular weight excluding hydrogens is 233 g/mol. The molecule has 0 aromatic heterocycles. The van der Waals surface area contributed by atoms with Gasteiger partial charge in [0.25, 0.3) is 0 Å². The number of nitrogens with one attached hydrogen (secondary N) is 1. The summed E-state index contributed by atoms with van der Waals surface area (Å²) in [5.41, 5.74) is 0.915. The van der Waals surface area contributed by atoms with Crippen LogP contribution in [-0.4, -0.2) is 19.1 Å². The van der Waals surface area contributed by atoms with Crippen molar-refractivity contribution in [3.05, 3.63) is 29.6 Å². The number of halogens is 1. The van der Waals surface area contributed by atoms with Gasteiger partial charge in [0, 0.05) is 6.04 Å². The van der Waals surface area contributed by atoms with E-state index >= 15 is 0 Å². The lowest BCUT2D eigenvalue weighted by molar-refractivity contribution is 0.0601. The third-order valence-corrected chi connectivity index (χ3v) is 3.36. The van der Waals surface area contributed by atoms with Crippen molar-refractivity contribution < 1.29 is 13.9 Å². The zero-order chi connectivity index (χ0) is 13.1. The molecule has 0 amide bonds. The highest BCUT2D eigenvalue weighted by atomic mass is 19.1. The number of benzene rings is 1. The Kier molecular flexibility index (Phi) is 3.84. The van der Waals surface area contributed by atoms with E-state index in [1.807, 2.05) is 0 Å². The third kappa shape index (κ3) is 2.81. The Bertz CT molecular complexity index is 443. The normalized spacial score (nSPS) is 16.2. The van der Waals surface area contributed by atoms with Crippen LogP contribution in [-0.2, 0) is 4.74 Å². The highest BCUT2D eigenvalue weighted by molar-refractivity contribution is 5.95. The monoisotopic (exact) mass is 251 g/mol. The summed E-state index contributed by atoms with van der Waals surface area (Å²) in [7, 11) is 1.33. The zero-order valence-corrected chi connectivity index (χ0v) is 10.7. The topological polar surface area (TPSA) is 38.3 Å². The molecule has 0 aliphatic heterocycles. The first-order chi connectivity index (χ1) is 8.65. The Morgan fingerprint density at radius 2 is 2.28 bits per heavy atom. The van der Waals surface area contributed by atoms with Gasteiger partial charge in [-0.2, -0.15) is 0 Å². The minimum atomic E-state index is -0.442. The van der Waals surface area contributed by atoms with Gasteiger partial charge in [0.1, 0.15) is 5.82 Å². The zero-order valence-electron chi connectivity index (χ0n) is 10.7. The number of hydrogen-bond acceptors (Lipinski definition) is 3. The molecule has 0 spiro atoms. The molecule has 4 heteroatoms. The van der Waals surface area contributed by atoms with Crippen LogP contribution < -0.4 is 5.32 Å². The van der Waals surface area contributed by atoms with E-state index in [9.17, 15) is 9.18 Å². The van der Waals surface area contributed by atoms with Crippen molar-refractivity contribution in [2.24, 2.45) is 5.92 Å². The lowest BCUT2D eigenvalue weighted by atomic mass is 10.1. The largest absolute Gasteiger partial charge is 0.465 e. The second-order valence-electron chi connectivity index (χ2n) is 4.68. The molecule has 1 fully saturated rings. The summed E-state index contributed by atoms with van der Waals surface area (Å²) in [5.74, 6) is -0.150. The average molecular weight is 251 g/mol. The van der Waals surface area contributed by atoms with Crippen LogP contribution in [0.2, 0.25) is 0 Å². The van der Waals surface area contributed by atoms with E-state index in [4.69, 9.17) is 4.74 Å². The third-order valence-electron chi connectivity index (χ3n) is 3.36. The Hall–Kier alpha value is -1.58. The van der Waals surface area contributed by atoms with Crippen LogP contribution in [0, 0.1) is 11.7 Å². The fraction of sp³-hybridized carbons (Fsp3) is 0.500. The van der Waals surface area contributed by atoms with E-state index in [0.717, 1.165) is 6.42 Å². The molecule has 0 saturated heterocycles. The molecule has 1 atom stereocenters. The van der Waals surface area contributed by atoms with Crippen LogP contribution in [0.4, 0.5) is 10.1 Å². The highest BCUT2D eigenvalue weighted by Crippen LogP contribution is 2.36. The smallest absolute Gasteiger partial charge is 0.339 e. The number of ether oxygens (including phenoxy) is 1. The molecule has 0 heterocycles. The Morgan fingerprint density at radius 1 is 1.56 bits per heavy atom. The van der Waals surface area contributed by atoms with Gasteiger partial charge in [0.05, 0.1) is 18.4 Å². The lowest BCUT2D eigenvalue weighted by Crippen LogP contribution is -2.22. The summed E-state index contributed by atoms with van der Waals surface area (Å²) in [5, 5.41) is 3.27. The molecule has 1 unspecified atom stereocenters. The highest BCUT2D eigenvalue weighted by Gasteiger charge is 2.30. The summed E-state index contributed by atoms with van der Waals surface area (Å²) in [4.78, 5) is 11.6. The first kappa shape index (κ1) is 12.9. The maximum absolute atomic E-state index is 13.3. The molecule has 18 heavy (non-hydrogen) atoms. The van der Waals surface area contributed by atoms with Crippen LogP contribution in [0.1, 0.15) is 36.5 Å². The number of anilines is 1. The van der Waals surface area contributed by atoms with Gasteiger partial charge < -0.3 is 10.1 Å². The van der Waals surface area contributed by atoms with Gasteiger partial charge in [-0.05, 0) is 43.4 Å². The van der Waals surface area contributed by atoms with Crippen molar-refractivity contribution in [2.45, 2.75) is 32.2 Å². The molecule has 1 aliphatic rings. The van der Waals surface area contributed by atoms with E-state index in [1.165, 1.54) is 38.2 Å². The van der Waals surface area contributed by atoms with Gasteiger partial charge >= 0.3 is 5.97 Å². The van der Waals surface area contributed by atoms with Gasteiger partial charge in [-0.25, -0.2) is 9.18 Å². The Labute approximate surface area is 106 Å². The van der Waals surface area contributed by atoms with E-state index in [1.54, 1.807) is 0 Å². The van der Waals surface area contributed by atoms with Gasteiger partial charge in [-0.3, -0.25) is 0 Å².